The highest BCUT2D eigenvalue weighted by atomic mass is 16.5. The number of likely N-dealkylation sites (N-methyl/N-ethyl adjacent to an activating group) is 1. The molecule has 0 radical (unpaired) electrons. The van der Waals surface area contributed by atoms with Crippen LogP contribution in [-0.2, 0) is 10.2 Å². The second-order valence-electron chi connectivity index (χ2n) is 6.40. The molecule has 1 aromatic heterocycles. The molecule has 1 atom stereocenters. The van der Waals surface area contributed by atoms with Gasteiger partial charge >= 0.3 is 0 Å². The first kappa shape index (κ1) is 15.2. The number of morpholine rings is 1. The molecular weight excluding hydrogens is 252 g/mol. The van der Waals surface area contributed by atoms with Gasteiger partial charge in [0, 0.05) is 31.1 Å². The summed E-state index contributed by atoms with van der Waals surface area (Å²) in [7, 11) is 2.11. The van der Waals surface area contributed by atoms with Crippen molar-refractivity contribution in [2.45, 2.75) is 39.2 Å². The van der Waals surface area contributed by atoms with Crippen LogP contribution < -0.4 is 5.32 Å². The van der Waals surface area contributed by atoms with Crippen LogP contribution in [0.5, 0.6) is 0 Å². The molecule has 20 heavy (non-hydrogen) atoms. The molecule has 112 valence electrons. The maximum Gasteiger partial charge on any atom is 0.161 e. The van der Waals surface area contributed by atoms with Gasteiger partial charge in [-0.25, -0.2) is 9.97 Å². The monoisotopic (exact) mass is 278 g/mol. The van der Waals surface area contributed by atoms with Crippen molar-refractivity contribution in [1.82, 2.24) is 14.9 Å². The Morgan fingerprint density at radius 1 is 1.40 bits per heavy atom. The highest BCUT2D eigenvalue weighted by Gasteiger charge is 2.25. The van der Waals surface area contributed by atoms with E-state index >= 15 is 0 Å². The number of ether oxygens (including phenoxy) is 1. The Balaban J connectivity index is 2.33. The van der Waals surface area contributed by atoms with Crippen LogP contribution in [0.4, 0.5) is 5.82 Å². The second kappa shape index (κ2) is 6.06. The first-order valence-corrected chi connectivity index (χ1v) is 7.33. The minimum atomic E-state index is -0.0338. The summed E-state index contributed by atoms with van der Waals surface area (Å²) in [4.78, 5) is 11.6. The third-order valence-electron chi connectivity index (χ3n) is 3.43. The summed E-state index contributed by atoms with van der Waals surface area (Å²) in [5.74, 6) is 1.68. The van der Waals surface area contributed by atoms with Crippen LogP contribution in [0.2, 0.25) is 0 Å². The van der Waals surface area contributed by atoms with E-state index in [0.29, 0.717) is 0 Å². The fraction of sp³-hybridized carbons (Fsp3) is 0.733. The average Bonchev–Trinajstić information content (AvgIpc) is 2.38. The second-order valence-corrected chi connectivity index (χ2v) is 6.40. The predicted molar refractivity (Wildman–Crippen MR) is 81.1 cm³/mol. The van der Waals surface area contributed by atoms with E-state index in [0.717, 1.165) is 43.6 Å². The normalized spacial score (nSPS) is 20.9. The highest BCUT2D eigenvalue weighted by Crippen LogP contribution is 2.26. The molecule has 5 heteroatoms. The summed E-state index contributed by atoms with van der Waals surface area (Å²) < 4.78 is 5.84. The topological polar surface area (TPSA) is 50.3 Å². The van der Waals surface area contributed by atoms with Crippen LogP contribution in [0, 0.1) is 0 Å². The molecule has 2 heterocycles. The van der Waals surface area contributed by atoms with Gasteiger partial charge in [0.15, 0.2) is 5.82 Å². The number of nitrogens with one attached hydrogen (secondary N) is 1. The fourth-order valence-corrected chi connectivity index (χ4v) is 2.20. The third kappa shape index (κ3) is 3.67. The number of hydrogen-bond acceptors (Lipinski definition) is 5. The summed E-state index contributed by atoms with van der Waals surface area (Å²) in [5.41, 5.74) is 1.05. The van der Waals surface area contributed by atoms with Gasteiger partial charge in [-0.15, -0.1) is 0 Å². The van der Waals surface area contributed by atoms with Crippen molar-refractivity contribution in [3.63, 3.8) is 0 Å². The minimum Gasteiger partial charge on any atom is -0.370 e. The lowest BCUT2D eigenvalue weighted by Gasteiger charge is -2.30. The minimum absolute atomic E-state index is 0.00241. The molecule has 2 rings (SSSR count). The van der Waals surface area contributed by atoms with Crippen LogP contribution >= 0.6 is 0 Å². The molecular formula is C15H26N4O. The average molecular weight is 278 g/mol. The molecule has 1 unspecified atom stereocenters. The largest absolute Gasteiger partial charge is 0.370 e. The lowest BCUT2D eigenvalue weighted by atomic mass is 9.92. The molecule has 1 fully saturated rings. The van der Waals surface area contributed by atoms with Crippen molar-refractivity contribution < 1.29 is 4.74 Å². The Bertz CT molecular complexity index is 456. The Morgan fingerprint density at radius 3 is 2.75 bits per heavy atom. The third-order valence-corrected chi connectivity index (χ3v) is 3.43. The molecule has 1 N–H and O–H groups in total. The molecule has 0 saturated carbocycles. The predicted octanol–water partition coefficient (Wildman–Crippen LogP) is 2.21. The highest BCUT2D eigenvalue weighted by molar-refractivity contribution is 5.38. The Labute approximate surface area is 121 Å². The van der Waals surface area contributed by atoms with Crippen molar-refractivity contribution in [2.24, 2.45) is 0 Å². The van der Waals surface area contributed by atoms with Crippen LogP contribution in [-0.4, -0.2) is 48.2 Å². The van der Waals surface area contributed by atoms with Crippen LogP contribution in [0.1, 0.15) is 45.3 Å². The summed E-state index contributed by atoms with van der Waals surface area (Å²) in [6.45, 7) is 12.0. The Morgan fingerprint density at radius 2 is 2.15 bits per heavy atom. The summed E-state index contributed by atoms with van der Waals surface area (Å²) in [6.07, 6.45) is -0.0338. The lowest BCUT2D eigenvalue weighted by molar-refractivity contribution is -0.0255. The van der Waals surface area contributed by atoms with E-state index < -0.39 is 0 Å². The van der Waals surface area contributed by atoms with Crippen LogP contribution in [0.25, 0.3) is 0 Å². The lowest BCUT2D eigenvalue weighted by Crippen LogP contribution is -2.36. The van der Waals surface area contributed by atoms with E-state index in [1.54, 1.807) is 0 Å². The number of anilines is 1. The molecule has 1 aliphatic rings. The van der Waals surface area contributed by atoms with Gasteiger partial charge in [0.05, 0.1) is 12.3 Å². The van der Waals surface area contributed by atoms with Crippen molar-refractivity contribution >= 4 is 5.82 Å². The molecule has 0 aliphatic carbocycles. The van der Waals surface area contributed by atoms with Gasteiger partial charge in [-0.3, -0.25) is 0 Å². The van der Waals surface area contributed by atoms with E-state index in [1.165, 1.54) is 0 Å². The van der Waals surface area contributed by atoms with Gasteiger partial charge in [-0.05, 0) is 14.0 Å². The zero-order chi connectivity index (χ0) is 14.8. The van der Waals surface area contributed by atoms with Gasteiger partial charge in [0.25, 0.3) is 0 Å². The molecule has 1 saturated heterocycles. The van der Waals surface area contributed by atoms with Gasteiger partial charge < -0.3 is 15.0 Å². The zero-order valence-electron chi connectivity index (χ0n) is 13.2. The van der Waals surface area contributed by atoms with Crippen LogP contribution in [0.15, 0.2) is 6.07 Å². The number of aromatic nitrogens is 2. The van der Waals surface area contributed by atoms with E-state index in [2.05, 4.69) is 49.9 Å². The van der Waals surface area contributed by atoms with Crippen molar-refractivity contribution in [3.8, 4) is 0 Å². The standard InChI is InChI=1S/C15H26N4O/c1-6-16-13-9-12(15(2,3)4)17-14(18-13)11-10-19(5)7-8-20-11/h9,11H,6-8,10H2,1-5H3,(H,16,17,18). The van der Waals surface area contributed by atoms with Crippen molar-refractivity contribution in [2.75, 3.05) is 38.6 Å². The molecule has 0 amide bonds. The van der Waals surface area contributed by atoms with Crippen molar-refractivity contribution in [1.29, 1.82) is 0 Å². The van der Waals surface area contributed by atoms with E-state index in [9.17, 15) is 0 Å². The van der Waals surface area contributed by atoms with Gasteiger partial charge in [0.2, 0.25) is 0 Å². The molecule has 5 nitrogen and oxygen atoms in total. The Kier molecular flexibility index (Phi) is 4.60. The van der Waals surface area contributed by atoms with E-state index in [-0.39, 0.29) is 11.5 Å². The van der Waals surface area contributed by atoms with E-state index in [4.69, 9.17) is 9.72 Å². The van der Waals surface area contributed by atoms with Gasteiger partial charge in [0.1, 0.15) is 11.9 Å². The summed E-state index contributed by atoms with van der Waals surface area (Å²) >= 11 is 0. The molecule has 1 aromatic rings. The van der Waals surface area contributed by atoms with E-state index in [1.807, 2.05) is 6.07 Å². The van der Waals surface area contributed by atoms with Crippen LogP contribution in [0.3, 0.4) is 0 Å². The fourth-order valence-electron chi connectivity index (χ4n) is 2.20. The first-order valence-electron chi connectivity index (χ1n) is 7.33. The molecule has 0 aromatic carbocycles. The van der Waals surface area contributed by atoms with Crippen molar-refractivity contribution in [3.05, 3.63) is 17.6 Å². The Hall–Kier alpha value is -1.20. The summed E-state index contributed by atoms with van der Waals surface area (Å²) in [6, 6.07) is 2.04. The maximum absolute atomic E-state index is 5.84. The SMILES string of the molecule is CCNc1cc(C(C)(C)C)nc(C2CN(C)CCO2)n1. The number of hydrogen-bond donors (Lipinski definition) is 1. The first-order chi connectivity index (χ1) is 9.40. The summed E-state index contributed by atoms with van der Waals surface area (Å²) in [5, 5.41) is 3.29. The number of nitrogens with zero attached hydrogens (tertiary/aromatic N) is 3. The maximum atomic E-state index is 5.84. The van der Waals surface area contributed by atoms with Gasteiger partial charge in [-0.2, -0.15) is 0 Å². The zero-order valence-corrected chi connectivity index (χ0v) is 13.2. The van der Waals surface area contributed by atoms with Gasteiger partial charge in [-0.1, -0.05) is 20.8 Å². The molecule has 1 aliphatic heterocycles. The molecule has 0 bridgehead atoms. The smallest absolute Gasteiger partial charge is 0.161 e. The molecule has 0 spiro atoms. The number of rotatable bonds is 3. The quantitative estimate of drug-likeness (QED) is 0.918.